The van der Waals surface area contributed by atoms with Crippen molar-refractivity contribution in [3.8, 4) is 0 Å². The maximum Gasteiger partial charge on any atom is 0.326 e. The number of carbonyl (C=O) groups is 1. The maximum absolute atomic E-state index is 12.6. The summed E-state index contributed by atoms with van der Waals surface area (Å²) in [5.74, 6) is -0.574. The first-order chi connectivity index (χ1) is 12.1. The van der Waals surface area contributed by atoms with Gasteiger partial charge in [-0.15, -0.1) is 0 Å². The number of fused-ring (bicyclic) bond motifs is 1. The van der Waals surface area contributed by atoms with Gasteiger partial charge in [0.25, 0.3) is 0 Å². The van der Waals surface area contributed by atoms with Crippen LogP contribution in [0.4, 0.5) is 0 Å². The lowest BCUT2D eigenvalue weighted by molar-refractivity contribution is -0.143. The van der Waals surface area contributed by atoms with Crippen molar-refractivity contribution in [2.75, 3.05) is 6.61 Å². The van der Waals surface area contributed by atoms with E-state index in [-0.39, 0.29) is 19.7 Å². The number of nitrogens with zero attached hydrogens (tertiary/aromatic N) is 3. The van der Waals surface area contributed by atoms with E-state index >= 15 is 0 Å². The van der Waals surface area contributed by atoms with Gasteiger partial charge in [0.05, 0.1) is 18.7 Å². The Kier molecular flexibility index (Phi) is 4.74. The lowest BCUT2D eigenvalue weighted by Crippen LogP contribution is -2.43. The molecule has 2 heterocycles. The summed E-state index contributed by atoms with van der Waals surface area (Å²) in [5, 5.41) is 0. The fraction of sp³-hybridized carbons (Fsp3) is 0.222. The van der Waals surface area contributed by atoms with Crippen molar-refractivity contribution in [1.82, 2.24) is 14.1 Å². The van der Waals surface area contributed by atoms with Gasteiger partial charge in [0, 0.05) is 6.20 Å². The number of benzene rings is 1. The van der Waals surface area contributed by atoms with Crippen LogP contribution >= 0.6 is 0 Å². The van der Waals surface area contributed by atoms with Gasteiger partial charge in [0.2, 0.25) is 0 Å². The van der Waals surface area contributed by atoms with E-state index in [1.807, 2.05) is 30.3 Å². The number of hydrogen-bond acceptors (Lipinski definition) is 5. The summed E-state index contributed by atoms with van der Waals surface area (Å²) in [6.45, 7) is 1.78. The molecule has 0 fully saturated rings. The van der Waals surface area contributed by atoms with Gasteiger partial charge < -0.3 is 4.74 Å². The minimum absolute atomic E-state index is 0.203. The van der Waals surface area contributed by atoms with Crippen LogP contribution in [0.25, 0.3) is 11.2 Å². The van der Waals surface area contributed by atoms with E-state index in [0.717, 1.165) is 10.1 Å². The monoisotopic (exact) mass is 339 g/mol. The Balaban J connectivity index is 2.17. The van der Waals surface area contributed by atoms with Crippen LogP contribution in [-0.2, 0) is 22.6 Å². The zero-order chi connectivity index (χ0) is 17.8. The third kappa shape index (κ3) is 3.35. The lowest BCUT2D eigenvalue weighted by Gasteiger charge is -2.13. The topological polar surface area (TPSA) is 83.2 Å². The second kappa shape index (κ2) is 7.12. The van der Waals surface area contributed by atoms with E-state index in [1.54, 1.807) is 25.3 Å². The van der Waals surface area contributed by atoms with Crippen molar-refractivity contribution in [2.24, 2.45) is 0 Å². The fourth-order valence-electron chi connectivity index (χ4n) is 2.65. The van der Waals surface area contributed by atoms with Gasteiger partial charge in [0.15, 0.2) is 5.65 Å². The molecule has 0 spiro atoms. The maximum atomic E-state index is 12.6. The highest BCUT2D eigenvalue weighted by atomic mass is 16.5. The van der Waals surface area contributed by atoms with E-state index < -0.39 is 17.1 Å². The van der Waals surface area contributed by atoms with Crippen LogP contribution in [0.5, 0.6) is 0 Å². The number of carbonyl (C=O) groups excluding carboxylic acids is 1. The number of esters is 1. The van der Waals surface area contributed by atoms with Crippen LogP contribution in [0.1, 0.15) is 12.5 Å². The second-order valence-corrected chi connectivity index (χ2v) is 5.42. The van der Waals surface area contributed by atoms with Crippen molar-refractivity contribution in [3.05, 3.63) is 74.9 Å². The van der Waals surface area contributed by atoms with E-state index in [1.165, 1.54) is 4.57 Å². The minimum Gasteiger partial charge on any atom is -0.465 e. The molecule has 0 radical (unpaired) electrons. The molecule has 128 valence electrons. The number of pyridine rings is 1. The lowest BCUT2D eigenvalue weighted by atomic mass is 10.2. The average molecular weight is 339 g/mol. The SMILES string of the molecule is CCOC(=O)Cn1c(=O)c(=O)n(Cc2ccccc2)c2ncccc21. The van der Waals surface area contributed by atoms with Crippen LogP contribution in [0, 0.1) is 0 Å². The molecule has 25 heavy (non-hydrogen) atoms. The van der Waals surface area contributed by atoms with E-state index in [2.05, 4.69) is 4.98 Å². The first-order valence-electron chi connectivity index (χ1n) is 7.89. The van der Waals surface area contributed by atoms with E-state index in [4.69, 9.17) is 4.74 Å². The molecule has 2 aromatic heterocycles. The van der Waals surface area contributed by atoms with Crippen molar-refractivity contribution in [2.45, 2.75) is 20.0 Å². The number of aromatic nitrogens is 3. The third-order valence-corrected chi connectivity index (χ3v) is 3.76. The summed E-state index contributed by atoms with van der Waals surface area (Å²) in [6, 6.07) is 12.6. The first-order valence-corrected chi connectivity index (χ1v) is 7.89. The van der Waals surface area contributed by atoms with Gasteiger partial charge in [-0.25, -0.2) is 4.98 Å². The third-order valence-electron chi connectivity index (χ3n) is 3.76. The van der Waals surface area contributed by atoms with Crippen LogP contribution in [0.3, 0.4) is 0 Å². The Bertz CT molecular complexity index is 1020. The molecule has 0 saturated carbocycles. The molecule has 0 N–H and O–H groups in total. The Labute approximate surface area is 143 Å². The van der Waals surface area contributed by atoms with Gasteiger partial charge in [0.1, 0.15) is 6.54 Å². The zero-order valence-corrected chi connectivity index (χ0v) is 13.7. The summed E-state index contributed by atoms with van der Waals surface area (Å²) < 4.78 is 7.33. The molecule has 1 aromatic carbocycles. The fourth-order valence-corrected chi connectivity index (χ4v) is 2.65. The average Bonchev–Trinajstić information content (AvgIpc) is 2.63. The second-order valence-electron chi connectivity index (χ2n) is 5.42. The summed E-state index contributed by atoms with van der Waals surface area (Å²) >= 11 is 0. The zero-order valence-electron chi connectivity index (χ0n) is 13.7. The summed E-state index contributed by atoms with van der Waals surface area (Å²) in [4.78, 5) is 41.1. The molecule has 3 rings (SSSR count). The Hall–Kier alpha value is -3.22. The highest BCUT2D eigenvalue weighted by molar-refractivity contribution is 5.75. The molecular formula is C18H17N3O4. The smallest absolute Gasteiger partial charge is 0.326 e. The van der Waals surface area contributed by atoms with Gasteiger partial charge in [-0.3, -0.25) is 23.5 Å². The van der Waals surface area contributed by atoms with Crippen molar-refractivity contribution in [3.63, 3.8) is 0 Å². The molecule has 7 nitrogen and oxygen atoms in total. The minimum atomic E-state index is -0.774. The van der Waals surface area contributed by atoms with Gasteiger partial charge in [-0.1, -0.05) is 30.3 Å². The summed E-state index contributed by atoms with van der Waals surface area (Å²) in [5.41, 5.74) is 0.138. The van der Waals surface area contributed by atoms with Crippen LogP contribution < -0.4 is 11.1 Å². The predicted molar refractivity (Wildman–Crippen MR) is 92.4 cm³/mol. The number of rotatable bonds is 5. The van der Waals surface area contributed by atoms with Crippen molar-refractivity contribution in [1.29, 1.82) is 0 Å². The highest BCUT2D eigenvalue weighted by Gasteiger charge is 2.16. The molecule has 0 aliphatic heterocycles. The summed E-state index contributed by atoms with van der Waals surface area (Å²) in [7, 11) is 0. The van der Waals surface area contributed by atoms with Crippen molar-refractivity contribution >= 4 is 17.1 Å². The molecular weight excluding hydrogens is 322 g/mol. The molecule has 3 aromatic rings. The molecule has 0 aliphatic rings. The molecule has 0 aliphatic carbocycles. The van der Waals surface area contributed by atoms with Crippen LogP contribution in [0.15, 0.2) is 58.3 Å². The van der Waals surface area contributed by atoms with E-state index in [9.17, 15) is 14.4 Å². The molecule has 0 atom stereocenters. The Morgan fingerprint density at radius 2 is 1.76 bits per heavy atom. The quantitative estimate of drug-likeness (QED) is 0.515. The van der Waals surface area contributed by atoms with Crippen LogP contribution in [0.2, 0.25) is 0 Å². The number of ether oxygens (including phenoxy) is 1. The van der Waals surface area contributed by atoms with Crippen molar-refractivity contribution < 1.29 is 9.53 Å². The van der Waals surface area contributed by atoms with Gasteiger partial charge in [-0.2, -0.15) is 0 Å². The Morgan fingerprint density at radius 1 is 1.04 bits per heavy atom. The molecule has 0 bridgehead atoms. The van der Waals surface area contributed by atoms with Gasteiger partial charge in [-0.05, 0) is 24.6 Å². The highest BCUT2D eigenvalue weighted by Crippen LogP contribution is 2.10. The molecule has 0 saturated heterocycles. The predicted octanol–water partition coefficient (Wildman–Crippen LogP) is 1.17. The Morgan fingerprint density at radius 3 is 2.48 bits per heavy atom. The normalized spacial score (nSPS) is 10.8. The summed E-state index contributed by atoms with van der Waals surface area (Å²) in [6.07, 6.45) is 1.54. The molecule has 0 amide bonds. The first kappa shape index (κ1) is 16.6. The van der Waals surface area contributed by atoms with Gasteiger partial charge >= 0.3 is 17.1 Å². The molecule has 7 heteroatoms. The largest absolute Gasteiger partial charge is 0.465 e. The van der Waals surface area contributed by atoms with E-state index in [0.29, 0.717) is 11.2 Å². The number of hydrogen-bond donors (Lipinski definition) is 0. The molecule has 0 unspecified atom stereocenters. The standard InChI is InChI=1S/C18H17N3O4/c1-2-25-15(22)12-20-14-9-6-10-19-16(14)21(18(24)17(20)23)11-13-7-4-3-5-8-13/h3-10H,2,11-12H2,1H3. The van der Waals surface area contributed by atoms with Crippen LogP contribution in [-0.4, -0.2) is 26.7 Å².